The van der Waals surface area contributed by atoms with Gasteiger partial charge in [0, 0.05) is 0 Å². The molecule has 0 amide bonds. The molecular formula is C10H13N5O4. The number of anilines is 1. The van der Waals surface area contributed by atoms with E-state index < -0.39 is 17.3 Å². The SMILES string of the molecule is Nc1nc2c(ncn2C[C@@]2(CO)O[C@@H]2CO)c(=O)[nH]1. The van der Waals surface area contributed by atoms with Gasteiger partial charge in [0.25, 0.3) is 5.56 Å². The van der Waals surface area contributed by atoms with Gasteiger partial charge >= 0.3 is 0 Å². The lowest BCUT2D eigenvalue weighted by atomic mass is 10.1. The number of fused-ring (bicyclic) bond motifs is 1. The van der Waals surface area contributed by atoms with E-state index in [-0.39, 0.29) is 31.2 Å². The second-order valence-corrected chi connectivity index (χ2v) is 4.51. The summed E-state index contributed by atoms with van der Waals surface area (Å²) in [5.41, 5.74) is 4.71. The Morgan fingerprint density at radius 2 is 2.37 bits per heavy atom. The highest BCUT2D eigenvalue weighted by Gasteiger charge is 2.56. The molecule has 1 fully saturated rings. The third-order valence-corrected chi connectivity index (χ3v) is 3.27. The number of ether oxygens (including phenoxy) is 1. The fourth-order valence-electron chi connectivity index (χ4n) is 2.16. The summed E-state index contributed by atoms with van der Waals surface area (Å²) in [6, 6.07) is 0. The lowest BCUT2D eigenvalue weighted by Gasteiger charge is -2.10. The molecule has 2 aromatic heterocycles. The number of aromatic nitrogens is 4. The third kappa shape index (κ3) is 1.79. The van der Waals surface area contributed by atoms with Crippen molar-refractivity contribution in [3.63, 3.8) is 0 Å². The van der Waals surface area contributed by atoms with E-state index in [0.717, 1.165) is 0 Å². The minimum atomic E-state index is -0.846. The van der Waals surface area contributed by atoms with Crippen molar-refractivity contribution >= 4 is 17.1 Å². The quantitative estimate of drug-likeness (QED) is 0.461. The highest BCUT2D eigenvalue weighted by Crippen LogP contribution is 2.37. The number of nitrogens with two attached hydrogens (primary N) is 1. The first-order valence-electron chi connectivity index (χ1n) is 5.70. The molecule has 102 valence electrons. The predicted molar refractivity (Wildman–Crippen MR) is 64.3 cm³/mol. The number of hydrogen-bond acceptors (Lipinski definition) is 7. The van der Waals surface area contributed by atoms with Crippen molar-refractivity contribution in [3.05, 3.63) is 16.7 Å². The van der Waals surface area contributed by atoms with Gasteiger partial charge in [-0.25, -0.2) is 4.98 Å². The van der Waals surface area contributed by atoms with E-state index in [2.05, 4.69) is 15.0 Å². The van der Waals surface area contributed by atoms with Gasteiger partial charge in [-0.3, -0.25) is 9.78 Å². The van der Waals surface area contributed by atoms with Crippen molar-refractivity contribution in [1.82, 2.24) is 19.5 Å². The van der Waals surface area contributed by atoms with Crippen LogP contribution in [0.1, 0.15) is 0 Å². The van der Waals surface area contributed by atoms with E-state index in [1.807, 2.05) is 0 Å². The van der Waals surface area contributed by atoms with Gasteiger partial charge in [-0.05, 0) is 0 Å². The average Bonchev–Trinajstić information content (AvgIpc) is 2.95. The van der Waals surface area contributed by atoms with Gasteiger partial charge in [0.2, 0.25) is 5.95 Å². The second kappa shape index (κ2) is 4.02. The van der Waals surface area contributed by atoms with Crippen LogP contribution >= 0.6 is 0 Å². The Morgan fingerprint density at radius 3 is 3.00 bits per heavy atom. The van der Waals surface area contributed by atoms with Crippen LogP contribution in [0.15, 0.2) is 11.1 Å². The molecule has 0 radical (unpaired) electrons. The Hall–Kier alpha value is -1.97. The molecular weight excluding hydrogens is 254 g/mol. The van der Waals surface area contributed by atoms with Gasteiger partial charge in [0.1, 0.15) is 11.7 Å². The first-order valence-corrected chi connectivity index (χ1v) is 5.70. The number of hydrogen-bond donors (Lipinski definition) is 4. The Kier molecular flexibility index (Phi) is 2.55. The molecule has 9 heteroatoms. The lowest BCUT2D eigenvalue weighted by Crippen LogP contribution is -2.28. The molecule has 0 aromatic carbocycles. The van der Waals surface area contributed by atoms with Gasteiger partial charge in [-0.2, -0.15) is 4.98 Å². The van der Waals surface area contributed by atoms with Crippen LogP contribution in [-0.2, 0) is 11.3 Å². The van der Waals surface area contributed by atoms with E-state index >= 15 is 0 Å². The summed E-state index contributed by atoms with van der Waals surface area (Å²) in [7, 11) is 0. The Balaban J connectivity index is 2.01. The van der Waals surface area contributed by atoms with Crippen LogP contribution in [0.2, 0.25) is 0 Å². The first-order chi connectivity index (χ1) is 9.09. The van der Waals surface area contributed by atoms with E-state index in [1.165, 1.54) is 6.33 Å². The van der Waals surface area contributed by atoms with E-state index in [9.17, 15) is 9.90 Å². The van der Waals surface area contributed by atoms with Gasteiger partial charge in [0.15, 0.2) is 11.2 Å². The van der Waals surface area contributed by atoms with Crippen molar-refractivity contribution in [1.29, 1.82) is 0 Å². The molecule has 0 saturated carbocycles. The molecule has 2 atom stereocenters. The lowest BCUT2D eigenvalue weighted by molar-refractivity contribution is 0.156. The van der Waals surface area contributed by atoms with Crippen LogP contribution in [0, 0.1) is 0 Å². The van der Waals surface area contributed by atoms with Crippen molar-refractivity contribution < 1.29 is 14.9 Å². The van der Waals surface area contributed by atoms with Gasteiger partial charge in [-0.1, -0.05) is 0 Å². The molecule has 0 aliphatic carbocycles. The van der Waals surface area contributed by atoms with E-state index in [0.29, 0.717) is 5.65 Å². The fraction of sp³-hybridized carbons (Fsp3) is 0.500. The molecule has 0 unspecified atom stereocenters. The molecule has 0 spiro atoms. The van der Waals surface area contributed by atoms with Gasteiger partial charge in [-0.15, -0.1) is 0 Å². The summed E-state index contributed by atoms with van der Waals surface area (Å²) in [6.07, 6.45) is 1.01. The van der Waals surface area contributed by atoms with E-state index in [4.69, 9.17) is 15.6 Å². The summed E-state index contributed by atoms with van der Waals surface area (Å²) in [6.45, 7) is -0.180. The number of H-pyrrole nitrogens is 1. The number of nitrogens with zero attached hydrogens (tertiary/aromatic N) is 3. The standard InChI is InChI=1S/C10H13N5O4/c11-9-13-7-6(8(18)14-9)12-4-15(7)2-10(3-17)5(1-16)19-10/h4-5,16-17H,1-3H2,(H3,11,13,14,18)/t5-,10+/m1/s1. The number of nitrogen functional groups attached to an aromatic ring is 1. The number of rotatable bonds is 4. The Bertz CT molecular complexity index is 680. The minimum Gasteiger partial charge on any atom is -0.394 e. The zero-order valence-electron chi connectivity index (χ0n) is 9.91. The molecule has 1 aliphatic rings. The second-order valence-electron chi connectivity index (χ2n) is 4.51. The molecule has 0 bridgehead atoms. The molecule has 19 heavy (non-hydrogen) atoms. The molecule has 3 heterocycles. The maximum atomic E-state index is 11.6. The number of aliphatic hydroxyl groups excluding tert-OH is 2. The third-order valence-electron chi connectivity index (χ3n) is 3.27. The number of aromatic amines is 1. The Labute approximate surface area is 106 Å². The van der Waals surface area contributed by atoms with Crippen LogP contribution in [0.5, 0.6) is 0 Å². The molecule has 9 nitrogen and oxygen atoms in total. The summed E-state index contributed by atoms with van der Waals surface area (Å²) in [4.78, 5) is 21.9. The highest BCUT2D eigenvalue weighted by atomic mass is 16.6. The predicted octanol–water partition coefficient (Wildman–Crippen LogP) is -2.18. The normalized spacial score (nSPS) is 25.9. The number of aliphatic hydroxyl groups is 2. The van der Waals surface area contributed by atoms with Crippen molar-refractivity contribution in [2.75, 3.05) is 18.9 Å². The van der Waals surface area contributed by atoms with Crippen molar-refractivity contribution in [3.8, 4) is 0 Å². The van der Waals surface area contributed by atoms with Crippen LogP contribution in [0.25, 0.3) is 11.2 Å². The summed E-state index contributed by atoms with van der Waals surface area (Å²) >= 11 is 0. The number of epoxide rings is 1. The van der Waals surface area contributed by atoms with Crippen molar-refractivity contribution in [2.45, 2.75) is 18.2 Å². The monoisotopic (exact) mass is 267 g/mol. The van der Waals surface area contributed by atoms with Crippen LogP contribution < -0.4 is 11.3 Å². The summed E-state index contributed by atoms with van der Waals surface area (Å²) in [5.74, 6) is -0.00674. The molecule has 1 aliphatic heterocycles. The van der Waals surface area contributed by atoms with E-state index in [1.54, 1.807) is 4.57 Å². The smallest absolute Gasteiger partial charge is 0.280 e. The first kappa shape index (κ1) is 12.1. The summed E-state index contributed by atoms with van der Waals surface area (Å²) < 4.78 is 6.87. The zero-order chi connectivity index (χ0) is 13.6. The average molecular weight is 267 g/mol. The number of imidazole rings is 1. The molecule has 2 aromatic rings. The Morgan fingerprint density at radius 1 is 1.58 bits per heavy atom. The number of nitrogens with one attached hydrogen (secondary N) is 1. The van der Waals surface area contributed by atoms with Crippen molar-refractivity contribution in [2.24, 2.45) is 0 Å². The van der Waals surface area contributed by atoms with Crippen LogP contribution in [0.4, 0.5) is 5.95 Å². The van der Waals surface area contributed by atoms with Crippen LogP contribution in [-0.4, -0.2) is 54.7 Å². The zero-order valence-corrected chi connectivity index (χ0v) is 9.91. The largest absolute Gasteiger partial charge is 0.394 e. The molecule has 5 N–H and O–H groups in total. The maximum absolute atomic E-state index is 11.6. The summed E-state index contributed by atoms with van der Waals surface area (Å²) in [5, 5.41) is 18.4. The topological polar surface area (TPSA) is 143 Å². The van der Waals surface area contributed by atoms with Gasteiger partial charge < -0.3 is 25.3 Å². The molecule has 1 saturated heterocycles. The molecule has 3 rings (SSSR count). The minimum absolute atomic E-state index is 0.00674. The van der Waals surface area contributed by atoms with Crippen LogP contribution in [0.3, 0.4) is 0 Å². The maximum Gasteiger partial charge on any atom is 0.280 e. The highest BCUT2D eigenvalue weighted by molar-refractivity contribution is 5.70. The van der Waals surface area contributed by atoms with Gasteiger partial charge in [0.05, 0.1) is 26.1 Å². The fourth-order valence-corrected chi connectivity index (χ4v) is 2.16.